The zero-order valence-corrected chi connectivity index (χ0v) is 8.95. The molecule has 0 aromatic heterocycles. The molecule has 1 aliphatic carbocycles. The van der Waals surface area contributed by atoms with Gasteiger partial charge in [-0.2, -0.15) is 0 Å². The molecule has 1 aliphatic rings. The Balaban J connectivity index is 2.30. The molecule has 1 atom stereocenters. The van der Waals surface area contributed by atoms with Crippen molar-refractivity contribution in [3.05, 3.63) is 23.8 Å². The van der Waals surface area contributed by atoms with Crippen molar-refractivity contribution in [3.8, 4) is 11.5 Å². The van der Waals surface area contributed by atoms with Crippen LogP contribution < -0.4 is 9.47 Å². The minimum absolute atomic E-state index is 0.0739. The molecule has 0 saturated heterocycles. The molecule has 0 aliphatic heterocycles. The van der Waals surface area contributed by atoms with Gasteiger partial charge in [-0.1, -0.05) is 6.07 Å². The molecule has 1 aromatic rings. The fraction of sp³-hybridized carbons (Fsp3) is 0.417. The van der Waals surface area contributed by atoms with Crippen molar-refractivity contribution in [2.45, 2.75) is 18.8 Å². The molecule has 1 saturated carbocycles. The summed E-state index contributed by atoms with van der Waals surface area (Å²) in [7, 11) is 3.20. The van der Waals surface area contributed by atoms with Crippen molar-refractivity contribution >= 4 is 5.78 Å². The van der Waals surface area contributed by atoms with Crippen LogP contribution in [0.15, 0.2) is 18.2 Å². The number of carbonyl (C=O) groups excluding carboxylic acids is 1. The minimum Gasteiger partial charge on any atom is -0.493 e. The summed E-state index contributed by atoms with van der Waals surface area (Å²) in [5.41, 5.74) is 1.03. The molecular weight excluding hydrogens is 192 g/mol. The van der Waals surface area contributed by atoms with E-state index in [0.29, 0.717) is 23.7 Å². The van der Waals surface area contributed by atoms with Gasteiger partial charge in [-0.3, -0.25) is 4.79 Å². The molecule has 1 unspecified atom stereocenters. The van der Waals surface area contributed by atoms with Crippen LogP contribution in [0.3, 0.4) is 0 Å². The maximum absolute atomic E-state index is 11.3. The van der Waals surface area contributed by atoms with Gasteiger partial charge in [0.25, 0.3) is 0 Å². The predicted octanol–water partition coefficient (Wildman–Crippen LogP) is 2.15. The van der Waals surface area contributed by atoms with E-state index in [0.717, 1.165) is 12.0 Å². The SMILES string of the molecule is COc1ccc(C2CCC2=O)cc1OC. The van der Waals surface area contributed by atoms with Crippen LogP contribution in [-0.4, -0.2) is 20.0 Å². The number of ether oxygens (including phenoxy) is 2. The van der Waals surface area contributed by atoms with Crippen LogP contribution in [-0.2, 0) is 4.79 Å². The summed E-state index contributed by atoms with van der Waals surface area (Å²) in [6.45, 7) is 0. The predicted molar refractivity (Wildman–Crippen MR) is 56.5 cm³/mol. The molecule has 0 spiro atoms. The number of carbonyl (C=O) groups is 1. The second kappa shape index (κ2) is 3.93. The van der Waals surface area contributed by atoms with Gasteiger partial charge < -0.3 is 9.47 Å². The maximum atomic E-state index is 11.3. The molecular formula is C12H14O3. The molecule has 1 fully saturated rings. The average Bonchev–Trinajstić information content (AvgIpc) is 2.26. The van der Waals surface area contributed by atoms with E-state index < -0.39 is 0 Å². The summed E-state index contributed by atoms with van der Waals surface area (Å²) in [6, 6.07) is 5.67. The number of hydrogen-bond donors (Lipinski definition) is 0. The van der Waals surface area contributed by atoms with Gasteiger partial charge in [0.1, 0.15) is 5.78 Å². The summed E-state index contributed by atoms with van der Waals surface area (Å²) in [5, 5.41) is 0. The first-order chi connectivity index (χ1) is 7.26. The number of ketones is 1. The van der Waals surface area contributed by atoms with Gasteiger partial charge in [-0.25, -0.2) is 0 Å². The maximum Gasteiger partial charge on any atom is 0.161 e. The summed E-state index contributed by atoms with van der Waals surface area (Å²) in [5.74, 6) is 1.79. The number of Topliss-reactive ketones (excluding diaryl/α,β-unsaturated/α-hetero) is 1. The van der Waals surface area contributed by atoms with Crippen LogP contribution in [0, 0.1) is 0 Å². The van der Waals surface area contributed by atoms with Crippen molar-refractivity contribution in [2.75, 3.05) is 14.2 Å². The standard InChI is InChI=1S/C12H14O3/c1-14-11-6-3-8(7-12(11)15-2)9-4-5-10(9)13/h3,6-7,9H,4-5H2,1-2H3. The molecule has 15 heavy (non-hydrogen) atoms. The van der Waals surface area contributed by atoms with Gasteiger partial charge in [0, 0.05) is 12.3 Å². The first-order valence-corrected chi connectivity index (χ1v) is 5.01. The molecule has 3 nitrogen and oxygen atoms in total. The normalized spacial score (nSPS) is 19.6. The zero-order valence-electron chi connectivity index (χ0n) is 8.95. The van der Waals surface area contributed by atoms with Crippen LogP contribution in [0.25, 0.3) is 0 Å². The molecule has 0 amide bonds. The Bertz CT molecular complexity index is 384. The van der Waals surface area contributed by atoms with E-state index in [4.69, 9.17) is 9.47 Å². The smallest absolute Gasteiger partial charge is 0.161 e. The molecule has 3 heteroatoms. The Morgan fingerprint density at radius 2 is 1.93 bits per heavy atom. The topological polar surface area (TPSA) is 35.5 Å². The van der Waals surface area contributed by atoms with E-state index in [-0.39, 0.29) is 5.92 Å². The fourth-order valence-electron chi connectivity index (χ4n) is 1.83. The second-order valence-corrected chi connectivity index (χ2v) is 3.67. The van der Waals surface area contributed by atoms with Crippen molar-refractivity contribution in [1.29, 1.82) is 0 Å². The second-order valence-electron chi connectivity index (χ2n) is 3.67. The van der Waals surface area contributed by atoms with E-state index in [1.165, 1.54) is 0 Å². The molecule has 2 rings (SSSR count). The minimum atomic E-state index is 0.0739. The number of benzene rings is 1. The summed E-state index contributed by atoms with van der Waals surface area (Å²) >= 11 is 0. The highest BCUT2D eigenvalue weighted by Gasteiger charge is 2.29. The van der Waals surface area contributed by atoms with Crippen molar-refractivity contribution in [2.24, 2.45) is 0 Å². The van der Waals surface area contributed by atoms with Gasteiger partial charge in [0.05, 0.1) is 14.2 Å². The lowest BCUT2D eigenvalue weighted by Gasteiger charge is -2.24. The molecule has 0 bridgehead atoms. The van der Waals surface area contributed by atoms with Gasteiger partial charge in [-0.05, 0) is 24.1 Å². The number of methoxy groups -OCH3 is 2. The van der Waals surface area contributed by atoms with Crippen LogP contribution >= 0.6 is 0 Å². The number of rotatable bonds is 3. The van der Waals surface area contributed by atoms with Crippen molar-refractivity contribution < 1.29 is 14.3 Å². The fourth-order valence-corrected chi connectivity index (χ4v) is 1.83. The van der Waals surface area contributed by atoms with Gasteiger partial charge in [0.2, 0.25) is 0 Å². The average molecular weight is 206 g/mol. The molecule has 0 radical (unpaired) electrons. The van der Waals surface area contributed by atoms with Crippen LogP contribution in [0.2, 0.25) is 0 Å². The zero-order chi connectivity index (χ0) is 10.8. The first kappa shape index (κ1) is 10.0. The molecule has 0 N–H and O–H groups in total. The lowest BCUT2D eigenvalue weighted by atomic mass is 9.78. The summed E-state index contributed by atoms with van der Waals surface area (Å²) < 4.78 is 10.3. The molecule has 1 aromatic carbocycles. The summed E-state index contributed by atoms with van der Waals surface area (Å²) in [4.78, 5) is 11.3. The molecule has 0 heterocycles. The highest BCUT2D eigenvalue weighted by atomic mass is 16.5. The van der Waals surface area contributed by atoms with Crippen molar-refractivity contribution in [1.82, 2.24) is 0 Å². The van der Waals surface area contributed by atoms with Crippen LogP contribution in [0.5, 0.6) is 11.5 Å². The Labute approximate surface area is 89.0 Å². The first-order valence-electron chi connectivity index (χ1n) is 5.01. The van der Waals surface area contributed by atoms with Gasteiger partial charge >= 0.3 is 0 Å². The Morgan fingerprint density at radius 1 is 1.20 bits per heavy atom. The third kappa shape index (κ3) is 1.69. The quantitative estimate of drug-likeness (QED) is 0.760. The van der Waals surface area contributed by atoms with E-state index >= 15 is 0 Å². The van der Waals surface area contributed by atoms with Crippen LogP contribution in [0.4, 0.5) is 0 Å². The van der Waals surface area contributed by atoms with Gasteiger partial charge in [0.15, 0.2) is 11.5 Å². The lowest BCUT2D eigenvalue weighted by molar-refractivity contribution is -0.125. The van der Waals surface area contributed by atoms with E-state index in [2.05, 4.69) is 0 Å². The van der Waals surface area contributed by atoms with Crippen LogP contribution in [0.1, 0.15) is 24.3 Å². The van der Waals surface area contributed by atoms with E-state index in [1.54, 1.807) is 14.2 Å². The highest BCUT2D eigenvalue weighted by Crippen LogP contribution is 2.37. The largest absolute Gasteiger partial charge is 0.493 e. The molecule has 80 valence electrons. The number of hydrogen-bond acceptors (Lipinski definition) is 3. The Hall–Kier alpha value is -1.51. The third-order valence-corrected chi connectivity index (χ3v) is 2.88. The lowest BCUT2D eigenvalue weighted by Crippen LogP contribution is -2.23. The highest BCUT2D eigenvalue weighted by molar-refractivity contribution is 5.91. The Kier molecular flexibility index (Phi) is 2.62. The van der Waals surface area contributed by atoms with Crippen molar-refractivity contribution in [3.63, 3.8) is 0 Å². The monoisotopic (exact) mass is 206 g/mol. The summed E-state index contributed by atoms with van der Waals surface area (Å²) in [6.07, 6.45) is 1.66. The third-order valence-electron chi connectivity index (χ3n) is 2.88. The van der Waals surface area contributed by atoms with E-state index in [1.807, 2.05) is 18.2 Å². The Morgan fingerprint density at radius 3 is 2.40 bits per heavy atom. The van der Waals surface area contributed by atoms with Gasteiger partial charge in [-0.15, -0.1) is 0 Å². The van der Waals surface area contributed by atoms with E-state index in [9.17, 15) is 4.79 Å².